The fourth-order valence-electron chi connectivity index (χ4n) is 4.48. The highest BCUT2D eigenvalue weighted by atomic mass is 16.5. The molecule has 1 aliphatic heterocycles. The molecule has 1 N–H and O–H groups in total. The van der Waals surface area contributed by atoms with Gasteiger partial charge in [-0.05, 0) is 58.9 Å². The number of amides is 2. The first kappa shape index (κ1) is 28.8. The fraction of sp³-hybridized carbons (Fsp3) is 0.680. The van der Waals surface area contributed by atoms with E-state index in [1.165, 1.54) is 0 Å². The first-order chi connectivity index (χ1) is 16.7. The molecule has 0 spiro atoms. The highest BCUT2D eigenvalue weighted by molar-refractivity contribution is 6.04. The number of alkyl carbamates (subject to hydrolysis) is 1. The zero-order valence-corrected chi connectivity index (χ0v) is 22.3. The highest BCUT2D eigenvalue weighted by Crippen LogP contribution is 2.30. The summed E-state index contributed by atoms with van der Waals surface area (Å²) in [7, 11) is 5.27. The molecule has 0 bridgehead atoms. The molecule has 1 aliphatic rings. The Balaban J connectivity index is 2.15. The molecule has 1 fully saturated rings. The van der Waals surface area contributed by atoms with Crippen LogP contribution >= 0.6 is 0 Å². The van der Waals surface area contributed by atoms with Gasteiger partial charge < -0.3 is 34.0 Å². The Labute approximate surface area is 210 Å². The van der Waals surface area contributed by atoms with E-state index in [-0.39, 0.29) is 30.0 Å². The summed E-state index contributed by atoms with van der Waals surface area (Å²) in [5.74, 6) is 1.22. The number of piperidine rings is 1. The van der Waals surface area contributed by atoms with E-state index in [1.807, 2.05) is 40.6 Å². The number of ether oxygens (including phenoxy) is 4. The van der Waals surface area contributed by atoms with Gasteiger partial charge in [0.05, 0.1) is 20.3 Å². The van der Waals surface area contributed by atoms with E-state index >= 15 is 0 Å². The summed E-state index contributed by atoms with van der Waals surface area (Å²) in [6.45, 7) is 10.8. The third kappa shape index (κ3) is 8.92. The Morgan fingerprint density at radius 1 is 1.14 bits per heavy atom. The molecule has 10 heteroatoms. The van der Waals surface area contributed by atoms with Crippen LogP contribution in [-0.2, 0) is 9.47 Å². The SMILES string of the molecule is BN1CC(COC(=O)NC(C)C)CC(N(C(=O)c2ccc(OC)c(OCCCOC)c2)C(C)C)C1. The van der Waals surface area contributed by atoms with Crippen LogP contribution in [0.2, 0.25) is 0 Å². The van der Waals surface area contributed by atoms with E-state index < -0.39 is 6.09 Å². The molecule has 2 unspecified atom stereocenters. The van der Waals surface area contributed by atoms with Gasteiger partial charge in [0.25, 0.3) is 5.91 Å². The van der Waals surface area contributed by atoms with Crippen LogP contribution in [-0.4, -0.2) is 94.9 Å². The van der Waals surface area contributed by atoms with Gasteiger partial charge in [0.1, 0.15) is 0 Å². The Morgan fingerprint density at radius 2 is 1.89 bits per heavy atom. The second kappa shape index (κ2) is 14.2. The van der Waals surface area contributed by atoms with Crippen molar-refractivity contribution in [1.82, 2.24) is 15.0 Å². The average molecular weight is 491 g/mol. The van der Waals surface area contributed by atoms with Gasteiger partial charge in [-0.1, -0.05) is 0 Å². The van der Waals surface area contributed by atoms with Gasteiger partial charge in [-0.15, -0.1) is 0 Å². The number of hydrogen-bond donors (Lipinski definition) is 1. The summed E-state index contributed by atoms with van der Waals surface area (Å²) in [6.07, 6.45) is 1.10. The minimum Gasteiger partial charge on any atom is -0.493 e. The van der Waals surface area contributed by atoms with Crippen LogP contribution < -0.4 is 14.8 Å². The number of carbonyl (C=O) groups excluding carboxylic acids is 2. The third-order valence-electron chi connectivity index (χ3n) is 5.90. The number of rotatable bonds is 12. The molecule has 1 aromatic rings. The maximum absolute atomic E-state index is 13.7. The lowest BCUT2D eigenvalue weighted by atomic mass is 9.90. The lowest BCUT2D eigenvalue weighted by Crippen LogP contribution is -2.55. The van der Waals surface area contributed by atoms with Gasteiger partial charge in [-0.3, -0.25) is 4.79 Å². The Bertz CT molecular complexity index is 822. The van der Waals surface area contributed by atoms with Crippen LogP contribution in [0.25, 0.3) is 0 Å². The topological polar surface area (TPSA) is 89.6 Å². The number of methoxy groups -OCH3 is 2. The standard InChI is InChI=1S/C25H42BN3O6/c1-17(2)27-25(31)35-16-19-12-21(15-28(26)14-19)29(18(3)4)24(30)20-8-9-22(33-6)23(13-20)34-11-7-10-32-5/h8-9,13,17-19,21H,7,10-12,14-16,26H2,1-6H3,(H,27,31). The van der Waals surface area contributed by atoms with Crippen molar-refractivity contribution >= 4 is 20.0 Å². The van der Waals surface area contributed by atoms with E-state index in [2.05, 4.69) is 10.1 Å². The molecule has 2 rings (SSSR count). The monoisotopic (exact) mass is 491 g/mol. The second-order valence-electron chi connectivity index (χ2n) is 9.74. The normalized spacial score (nSPS) is 18.4. The fourth-order valence-corrected chi connectivity index (χ4v) is 4.48. The number of nitrogens with one attached hydrogen (secondary N) is 1. The summed E-state index contributed by atoms with van der Waals surface area (Å²) in [6, 6.07) is 5.33. The molecule has 0 aliphatic carbocycles. The van der Waals surface area contributed by atoms with Crippen LogP contribution in [0, 0.1) is 5.92 Å². The molecule has 35 heavy (non-hydrogen) atoms. The predicted octanol–water partition coefficient (Wildman–Crippen LogP) is 2.33. The number of carbonyl (C=O) groups is 2. The van der Waals surface area contributed by atoms with Gasteiger partial charge in [0, 0.05) is 56.3 Å². The summed E-state index contributed by atoms with van der Waals surface area (Å²) in [5.41, 5.74) is 0.554. The Morgan fingerprint density at radius 3 is 2.51 bits per heavy atom. The second-order valence-corrected chi connectivity index (χ2v) is 9.74. The third-order valence-corrected chi connectivity index (χ3v) is 5.90. The van der Waals surface area contributed by atoms with Crippen molar-refractivity contribution in [2.75, 3.05) is 47.1 Å². The predicted molar refractivity (Wildman–Crippen MR) is 138 cm³/mol. The average Bonchev–Trinajstić information content (AvgIpc) is 2.79. The van der Waals surface area contributed by atoms with Gasteiger partial charge >= 0.3 is 6.09 Å². The van der Waals surface area contributed by atoms with Gasteiger partial charge in [-0.25, -0.2) is 4.79 Å². The van der Waals surface area contributed by atoms with Crippen molar-refractivity contribution in [2.45, 2.75) is 58.7 Å². The zero-order chi connectivity index (χ0) is 26.0. The minimum absolute atomic E-state index is 0.00187. The summed E-state index contributed by atoms with van der Waals surface area (Å²) in [5, 5.41) is 2.75. The number of nitrogens with zero attached hydrogens (tertiary/aromatic N) is 2. The maximum Gasteiger partial charge on any atom is 0.407 e. The molecular formula is C25H42BN3O6. The van der Waals surface area contributed by atoms with Crippen molar-refractivity contribution in [2.24, 2.45) is 5.92 Å². The first-order valence-corrected chi connectivity index (χ1v) is 12.4. The molecule has 2 amide bonds. The molecule has 1 saturated heterocycles. The van der Waals surface area contributed by atoms with E-state index in [4.69, 9.17) is 18.9 Å². The largest absolute Gasteiger partial charge is 0.493 e. The summed E-state index contributed by atoms with van der Waals surface area (Å²) in [4.78, 5) is 29.8. The molecule has 0 radical (unpaired) electrons. The molecule has 0 aromatic heterocycles. The van der Waals surface area contributed by atoms with E-state index in [0.29, 0.717) is 36.9 Å². The van der Waals surface area contributed by atoms with Crippen molar-refractivity contribution < 1.29 is 28.5 Å². The van der Waals surface area contributed by atoms with Crippen LogP contribution in [0.15, 0.2) is 18.2 Å². The molecule has 196 valence electrons. The smallest absolute Gasteiger partial charge is 0.407 e. The zero-order valence-electron chi connectivity index (χ0n) is 22.3. The van der Waals surface area contributed by atoms with Crippen molar-refractivity contribution in [1.29, 1.82) is 0 Å². The van der Waals surface area contributed by atoms with Crippen molar-refractivity contribution in [3.63, 3.8) is 0 Å². The quantitative estimate of drug-likeness (QED) is 0.355. The first-order valence-electron chi connectivity index (χ1n) is 12.4. The van der Waals surface area contributed by atoms with E-state index in [0.717, 1.165) is 25.9 Å². The molecule has 9 nitrogen and oxygen atoms in total. The van der Waals surface area contributed by atoms with Gasteiger partial charge in [0.2, 0.25) is 0 Å². The van der Waals surface area contributed by atoms with E-state index in [1.54, 1.807) is 32.4 Å². The maximum atomic E-state index is 13.7. The molecular weight excluding hydrogens is 449 g/mol. The van der Waals surface area contributed by atoms with Gasteiger partial charge in [0.15, 0.2) is 19.5 Å². The van der Waals surface area contributed by atoms with Crippen LogP contribution in [0.5, 0.6) is 11.5 Å². The van der Waals surface area contributed by atoms with Crippen LogP contribution in [0.3, 0.4) is 0 Å². The minimum atomic E-state index is -0.405. The highest BCUT2D eigenvalue weighted by Gasteiger charge is 2.34. The number of benzene rings is 1. The Hall–Kier alpha value is -2.46. The molecule has 0 saturated carbocycles. The number of hydrogen-bond acceptors (Lipinski definition) is 7. The molecule has 2 atom stereocenters. The molecule has 1 heterocycles. The van der Waals surface area contributed by atoms with Crippen LogP contribution in [0.1, 0.15) is 50.9 Å². The Kier molecular flexibility index (Phi) is 11.7. The van der Waals surface area contributed by atoms with Gasteiger partial charge in [-0.2, -0.15) is 0 Å². The molecule has 1 aromatic carbocycles. The lowest BCUT2D eigenvalue weighted by Gasteiger charge is -2.43. The summed E-state index contributed by atoms with van der Waals surface area (Å²) < 4.78 is 21.8. The lowest BCUT2D eigenvalue weighted by molar-refractivity contribution is 0.0374. The van der Waals surface area contributed by atoms with Crippen LogP contribution in [0.4, 0.5) is 4.79 Å². The van der Waals surface area contributed by atoms with E-state index in [9.17, 15) is 9.59 Å². The van der Waals surface area contributed by atoms with Crippen molar-refractivity contribution in [3.8, 4) is 11.5 Å². The summed E-state index contributed by atoms with van der Waals surface area (Å²) >= 11 is 0. The van der Waals surface area contributed by atoms with Crippen molar-refractivity contribution in [3.05, 3.63) is 23.8 Å².